The first kappa shape index (κ1) is 20.2. The standard InChI is InChI=1S/C20H31N3O3/c1-4-26-20(25)23-12-10-17(11-13-23)22-18(24)14-21-19(15(2)3)16-8-6-5-7-9-16/h5-9,15,17,19,21H,4,10-14H2,1-3H3,(H,22,24)/t19-/m0/s1. The van der Waals surface area contributed by atoms with E-state index in [1.54, 1.807) is 11.8 Å². The molecule has 2 N–H and O–H groups in total. The van der Waals surface area contributed by atoms with Gasteiger partial charge in [-0.3, -0.25) is 4.79 Å². The minimum Gasteiger partial charge on any atom is -0.450 e. The van der Waals surface area contributed by atoms with Crippen molar-refractivity contribution in [1.82, 2.24) is 15.5 Å². The second-order valence-electron chi connectivity index (χ2n) is 7.04. The van der Waals surface area contributed by atoms with Crippen molar-refractivity contribution >= 4 is 12.0 Å². The molecular formula is C20H31N3O3. The van der Waals surface area contributed by atoms with Gasteiger partial charge in [0.15, 0.2) is 0 Å². The van der Waals surface area contributed by atoms with E-state index in [1.807, 2.05) is 18.2 Å². The van der Waals surface area contributed by atoms with E-state index in [0.717, 1.165) is 12.8 Å². The van der Waals surface area contributed by atoms with Crippen LogP contribution in [0.3, 0.4) is 0 Å². The van der Waals surface area contributed by atoms with Crippen molar-refractivity contribution in [2.75, 3.05) is 26.2 Å². The molecule has 1 fully saturated rings. The first-order chi connectivity index (χ1) is 12.5. The third kappa shape index (κ3) is 6.02. The summed E-state index contributed by atoms with van der Waals surface area (Å²) in [6.45, 7) is 8.01. The van der Waals surface area contributed by atoms with E-state index in [1.165, 1.54) is 5.56 Å². The molecule has 0 bridgehead atoms. The maximum atomic E-state index is 12.3. The molecule has 6 nitrogen and oxygen atoms in total. The molecule has 0 radical (unpaired) electrons. The molecule has 0 saturated carbocycles. The number of rotatable bonds is 7. The predicted octanol–water partition coefficient (Wildman–Crippen LogP) is 2.71. The lowest BCUT2D eigenvalue weighted by Crippen LogP contribution is -2.48. The Kier molecular flexibility index (Phi) is 7.91. The van der Waals surface area contributed by atoms with Crippen LogP contribution in [-0.2, 0) is 9.53 Å². The zero-order chi connectivity index (χ0) is 18.9. The molecule has 0 unspecified atom stereocenters. The van der Waals surface area contributed by atoms with Gasteiger partial charge in [-0.1, -0.05) is 44.2 Å². The lowest BCUT2D eigenvalue weighted by Gasteiger charge is -2.32. The molecule has 1 aromatic rings. The van der Waals surface area contributed by atoms with Crippen LogP contribution in [0.25, 0.3) is 0 Å². The highest BCUT2D eigenvalue weighted by Crippen LogP contribution is 2.21. The van der Waals surface area contributed by atoms with E-state index in [2.05, 4.69) is 36.6 Å². The molecule has 144 valence electrons. The van der Waals surface area contributed by atoms with Gasteiger partial charge in [0, 0.05) is 25.2 Å². The number of hydrogen-bond acceptors (Lipinski definition) is 4. The first-order valence-corrected chi connectivity index (χ1v) is 9.50. The highest BCUT2D eigenvalue weighted by molar-refractivity contribution is 5.78. The van der Waals surface area contributed by atoms with Crippen molar-refractivity contribution in [2.24, 2.45) is 5.92 Å². The molecule has 0 aliphatic carbocycles. The molecule has 1 atom stereocenters. The maximum Gasteiger partial charge on any atom is 0.409 e. The van der Waals surface area contributed by atoms with Crippen LogP contribution < -0.4 is 10.6 Å². The van der Waals surface area contributed by atoms with Gasteiger partial charge in [0.05, 0.1) is 13.2 Å². The average Bonchev–Trinajstić information content (AvgIpc) is 2.63. The van der Waals surface area contributed by atoms with Gasteiger partial charge in [0.25, 0.3) is 0 Å². The van der Waals surface area contributed by atoms with Crippen molar-refractivity contribution < 1.29 is 14.3 Å². The molecule has 1 aliphatic heterocycles. The Bertz CT molecular complexity index is 569. The number of ether oxygens (including phenoxy) is 1. The number of hydrogen-bond donors (Lipinski definition) is 2. The fourth-order valence-electron chi connectivity index (χ4n) is 3.30. The van der Waals surface area contributed by atoms with Crippen LogP contribution in [0.4, 0.5) is 4.79 Å². The molecule has 1 aliphatic rings. The number of carbonyl (C=O) groups is 2. The molecule has 1 saturated heterocycles. The SMILES string of the molecule is CCOC(=O)N1CCC(NC(=O)CN[C@H](c2ccccc2)C(C)C)CC1. The number of likely N-dealkylation sites (tertiary alicyclic amines) is 1. The van der Waals surface area contributed by atoms with Crippen molar-refractivity contribution in [3.63, 3.8) is 0 Å². The lowest BCUT2D eigenvalue weighted by atomic mass is 9.96. The van der Waals surface area contributed by atoms with Gasteiger partial charge in [0.2, 0.25) is 5.91 Å². The van der Waals surface area contributed by atoms with Crippen LogP contribution in [0, 0.1) is 5.92 Å². The monoisotopic (exact) mass is 361 g/mol. The van der Waals surface area contributed by atoms with Gasteiger partial charge in [-0.25, -0.2) is 4.79 Å². The zero-order valence-electron chi connectivity index (χ0n) is 16.0. The topological polar surface area (TPSA) is 70.7 Å². The second-order valence-corrected chi connectivity index (χ2v) is 7.04. The van der Waals surface area contributed by atoms with Crippen molar-refractivity contribution in [2.45, 2.75) is 45.7 Å². The van der Waals surface area contributed by atoms with Crippen LogP contribution in [0.2, 0.25) is 0 Å². The van der Waals surface area contributed by atoms with Crippen LogP contribution in [-0.4, -0.2) is 49.2 Å². The summed E-state index contributed by atoms with van der Waals surface area (Å²) >= 11 is 0. The highest BCUT2D eigenvalue weighted by Gasteiger charge is 2.25. The Balaban J connectivity index is 1.76. The van der Waals surface area contributed by atoms with Gasteiger partial charge in [-0.15, -0.1) is 0 Å². The molecule has 1 aromatic carbocycles. The summed E-state index contributed by atoms with van der Waals surface area (Å²) in [7, 11) is 0. The van der Waals surface area contributed by atoms with Crippen LogP contribution in [0.15, 0.2) is 30.3 Å². The van der Waals surface area contributed by atoms with Gasteiger partial charge in [-0.05, 0) is 31.2 Å². The summed E-state index contributed by atoms with van der Waals surface area (Å²) in [5.74, 6) is 0.388. The molecule has 2 amide bonds. The summed E-state index contributed by atoms with van der Waals surface area (Å²) < 4.78 is 5.02. The Hall–Kier alpha value is -2.08. The van der Waals surface area contributed by atoms with E-state index < -0.39 is 0 Å². The molecule has 26 heavy (non-hydrogen) atoms. The maximum absolute atomic E-state index is 12.3. The van der Waals surface area contributed by atoms with Crippen molar-refractivity contribution in [1.29, 1.82) is 0 Å². The first-order valence-electron chi connectivity index (χ1n) is 9.50. The molecule has 0 aromatic heterocycles. The number of nitrogens with one attached hydrogen (secondary N) is 2. The van der Waals surface area contributed by atoms with Crippen LogP contribution in [0.1, 0.15) is 45.2 Å². The molecule has 0 spiro atoms. The fraction of sp³-hybridized carbons (Fsp3) is 0.600. The van der Waals surface area contributed by atoms with Crippen molar-refractivity contribution in [3.05, 3.63) is 35.9 Å². The third-order valence-corrected chi connectivity index (χ3v) is 4.69. The largest absolute Gasteiger partial charge is 0.450 e. The molecule has 6 heteroatoms. The fourth-order valence-corrected chi connectivity index (χ4v) is 3.30. The van der Waals surface area contributed by atoms with Gasteiger partial charge < -0.3 is 20.3 Å². The highest BCUT2D eigenvalue weighted by atomic mass is 16.6. The smallest absolute Gasteiger partial charge is 0.409 e. The number of benzene rings is 1. The minimum absolute atomic E-state index is 0.00108. The van der Waals surface area contributed by atoms with E-state index in [4.69, 9.17) is 4.74 Å². The van der Waals surface area contributed by atoms with E-state index in [9.17, 15) is 9.59 Å². The molecular weight excluding hydrogens is 330 g/mol. The Morgan fingerprint density at radius 1 is 1.19 bits per heavy atom. The number of carbonyl (C=O) groups excluding carboxylic acids is 2. The van der Waals surface area contributed by atoms with Crippen LogP contribution in [0.5, 0.6) is 0 Å². The summed E-state index contributed by atoms with van der Waals surface area (Å²) in [5, 5.41) is 6.45. The van der Waals surface area contributed by atoms with Gasteiger partial charge in [0.1, 0.15) is 0 Å². The zero-order valence-corrected chi connectivity index (χ0v) is 16.0. The number of nitrogens with zero attached hydrogens (tertiary/aromatic N) is 1. The van der Waals surface area contributed by atoms with E-state index in [-0.39, 0.29) is 30.6 Å². The van der Waals surface area contributed by atoms with Crippen molar-refractivity contribution in [3.8, 4) is 0 Å². The minimum atomic E-state index is -0.262. The normalized spacial score (nSPS) is 16.4. The third-order valence-electron chi connectivity index (χ3n) is 4.69. The summed E-state index contributed by atoms with van der Waals surface area (Å²) in [6.07, 6.45) is 1.26. The van der Waals surface area contributed by atoms with Gasteiger partial charge in [-0.2, -0.15) is 0 Å². The van der Waals surface area contributed by atoms with Crippen LogP contribution >= 0.6 is 0 Å². The number of piperidine rings is 1. The molecule has 2 rings (SSSR count). The quantitative estimate of drug-likeness (QED) is 0.783. The Morgan fingerprint density at radius 2 is 1.85 bits per heavy atom. The predicted molar refractivity (Wildman–Crippen MR) is 102 cm³/mol. The Labute approximate surface area is 156 Å². The summed E-state index contributed by atoms with van der Waals surface area (Å²) in [5.41, 5.74) is 1.19. The average molecular weight is 361 g/mol. The summed E-state index contributed by atoms with van der Waals surface area (Å²) in [4.78, 5) is 25.7. The molecule has 1 heterocycles. The van der Waals surface area contributed by atoms with E-state index >= 15 is 0 Å². The number of amides is 2. The second kappa shape index (κ2) is 10.2. The lowest BCUT2D eigenvalue weighted by molar-refractivity contribution is -0.121. The summed E-state index contributed by atoms with van der Waals surface area (Å²) in [6, 6.07) is 10.5. The van der Waals surface area contributed by atoms with Gasteiger partial charge >= 0.3 is 6.09 Å². The Morgan fingerprint density at radius 3 is 2.42 bits per heavy atom. The van der Waals surface area contributed by atoms with E-state index in [0.29, 0.717) is 25.6 Å².